The maximum absolute atomic E-state index is 12.4. The van der Waals surface area contributed by atoms with E-state index in [4.69, 9.17) is 14.7 Å². The van der Waals surface area contributed by atoms with Gasteiger partial charge >= 0.3 is 0 Å². The van der Waals surface area contributed by atoms with E-state index in [0.717, 1.165) is 31.4 Å². The van der Waals surface area contributed by atoms with Crippen LogP contribution in [0.3, 0.4) is 0 Å². The lowest BCUT2D eigenvalue weighted by molar-refractivity contribution is 0.0888. The van der Waals surface area contributed by atoms with E-state index in [1.807, 2.05) is 13.8 Å². The first-order valence-corrected chi connectivity index (χ1v) is 9.87. The molecule has 1 amide bonds. The van der Waals surface area contributed by atoms with Crippen LogP contribution in [-0.2, 0) is 0 Å². The molecule has 152 valence electrons. The molecule has 1 N–H and O–H groups in total. The van der Waals surface area contributed by atoms with Crippen LogP contribution in [0.15, 0.2) is 30.6 Å². The number of nitrogens with zero attached hydrogens (tertiary/aromatic N) is 3. The minimum atomic E-state index is -0.186. The first-order valence-electron chi connectivity index (χ1n) is 9.87. The zero-order valence-corrected chi connectivity index (χ0v) is 17.0. The zero-order valence-electron chi connectivity index (χ0n) is 17.0. The van der Waals surface area contributed by atoms with Crippen LogP contribution in [-0.4, -0.2) is 35.1 Å². The predicted octanol–water partition coefficient (Wildman–Crippen LogP) is 3.60. The fraction of sp³-hybridized carbons (Fsp3) is 0.455. The van der Waals surface area contributed by atoms with Crippen LogP contribution in [0.1, 0.15) is 67.2 Å². The molecule has 1 heterocycles. The van der Waals surface area contributed by atoms with Gasteiger partial charge < -0.3 is 14.8 Å². The fourth-order valence-electron chi connectivity index (χ4n) is 3.37. The van der Waals surface area contributed by atoms with Crippen LogP contribution >= 0.6 is 0 Å². The molecule has 29 heavy (non-hydrogen) atoms. The van der Waals surface area contributed by atoms with Gasteiger partial charge in [-0.1, -0.05) is 13.8 Å². The van der Waals surface area contributed by atoms with Gasteiger partial charge in [0, 0.05) is 18.3 Å². The van der Waals surface area contributed by atoms with Gasteiger partial charge in [0.15, 0.2) is 0 Å². The van der Waals surface area contributed by atoms with Crippen LogP contribution in [0, 0.1) is 11.3 Å². The van der Waals surface area contributed by atoms with Gasteiger partial charge in [-0.05, 0) is 43.7 Å². The van der Waals surface area contributed by atoms with Gasteiger partial charge in [-0.2, -0.15) is 5.26 Å². The van der Waals surface area contributed by atoms with Crippen molar-refractivity contribution in [3.63, 3.8) is 0 Å². The van der Waals surface area contributed by atoms with Gasteiger partial charge in [0.2, 0.25) is 0 Å². The van der Waals surface area contributed by atoms with Crippen LogP contribution in [0.25, 0.3) is 0 Å². The minimum Gasteiger partial charge on any atom is -0.495 e. The Morgan fingerprint density at radius 2 is 1.97 bits per heavy atom. The number of benzene rings is 1. The van der Waals surface area contributed by atoms with Crippen molar-refractivity contribution in [3.8, 4) is 17.6 Å². The summed E-state index contributed by atoms with van der Waals surface area (Å²) in [6, 6.07) is 7.42. The summed E-state index contributed by atoms with van der Waals surface area (Å²) in [5.74, 6) is 1.30. The highest BCUT2D eigenvalue weighted by Crippen LogP contribution is 2.28. The molecule has 0 unspecified atom stereocenters. The van der Waals surface area contributed by atoms with Gasteiger partial charge in [0.05, 0.1) is 30.7 Å². The minimum absolute atomic E-state index is 0.0749. The number of aromatic nitrogens is 2. The molecule has 0 bridgehead atoms. The van der Waals surface area contributed by atoms with Crippen LogP contribution in [0.4, 0.5) is 0 Å². The molecule has 0 spiro atoms. The Kier molecular flexibility index (Phi) is 6.65. The van der Waals surface area contributed by atoms with Crippen molar-refractivity contribution in [2.45, 2.75) is 57.6 Å². The Morgan fingerprint density at radius 1 is 1.21 bits per heavy atom. The second kappa shape index (κ2) is 9.37. The lowest BCUT2D eigenvalue weighted by atomic mass is 9.93. The maximum Gasteiger partial charge on any atom is 0.271 e. The highest BCUT2D eigenvalue weighted by molar-refractivity contribution is 5.92. The monoisotopic (exact) mass is 394 g/mol. The Balaban J connectivity index is 1.50. The fourth-order valence-corrected chi connectivity index (χ4v) is 3.37. The lowest BCUT2D eigenvalue weighted by Crippen LogP contribution is -2.40. The van der Waals surface area contributed by atoms with E-state index in [-0.39, 0.29) is 24.0 Å². The molecule has 1 aromatic heterocycles. The number of ether oxygens (including phenoxy) is 2. The van der Waals surface area contributed by atoms with E-state index < -0.39 is 0 Å². The molecule has 0 aliphatic heterocycles. The van der Waals surface area contributed by atoms with E-state index in [2.05, 4.69) is 21.4 Å². The van der Waals surface area contributed by atoms with Crippen molar-refractivity contribution >= 4 is 5.91 Å². The molecule has 1 saturated carbocycles. The number of methoxy groups -OCH3 is 1. The third kappa shape index (κ3) is 5.23. The van der Waals surface area contributed by atoms with E-state index in [1.165, 1.54) is 13.3 Å². The average Bonchev–Trinajstić information content (AvgIpc) is 2.75. The molecule has 3 rings (SSSR count). The second-order valence-electron chi connectivity index (χ2n) is 7.52. The second-order valence-corrected chi connectivity index (χ2v) is 7.52. The summed E-state index contributed by atoms with van der Waals surface area (Å²) >= 11 is 0. The van der Waals surface area contributed by atoms with Crippen molar-refractivity contribution in [3.05, 3.63) is 47.5 Å². The summed E-state index contributed by atoms with van der Waals surface area (Å²) in [6.45, 7) is 4.08. The van der Waals surface area contributed by atoms with Crippen molar-refractivity contribution in [1.29, 1.82) is 5.26 Å². The first-order chi connectivity index (χ1) is 14.0. The van der Waals surface area contributed by atoms with Crippen molar-refractivity contribution < 1.29 is 14.3 Å². The molecular formula is C22H26N4O3. The molecule has 1 fully saturated rings. The van der Waals surface area contributed by atoms with Gasteiger partial charge in [-0.25, -0.2) is 4.98 Å². The normalized spacial score (nSPS) is 18.7. The third-order valence-corrected chi connectivity index (χ3v) is 5.10. The number of nitriles is 1. The van der Waals surface area contributed by atoms with E-state index >= 15 is 0 Å². The molecule has 0 radical (unpaired) electrons. The number of carbonyl (C=O) groups excluding carboxylic acids is 1. The number of amides is 1. The van der Waals surface area contributed by atoms with Crippen LogP contribution < -0.4 is 14.8 Å². The highest BCUT2D eigenvalue weighted by atomic mass is 16.5. The molecular weight excluding hydrogens is 368 g/mol. The molecule has 7 nitrogen and oxygen atoms in total. The molecule has 7 heteroatoms. The standard InChI is InChI=1S/C22H26N4O3/c1-14(2)19-12-25-20(13-24-19)22(27)26-16-5-8-17(9-6-16)29-18-7-4-15(11-23)21(10-18)28-3/h4,7,10,12-14,16-17H,5-6,8-9H2,1-3H3,(H,26,27). The number of carbonyl (C=O) groups is 1. The van der Waals surface area contributed by atoms with Gasteiger partial charge in [0.1, 0.15) is 23.3 Å². The van der Waals surface area contributed by atoms with Crippen LogP contribution in [0.2, 0.25) is 0 Å². The Labute approximate surface area is 171 Å². The first kappa shape index (κ1) is 20.6. The molecule has 1 aliphatic rings. The van der Waals surface area contributed by atoms with E-state index in [9.17, 15) is 4.79 Å². The summed E-state index contributed by atoms with van der Waals surface area (Å²) in [5, 5.41) is 12.1. The predicted molar refractivity (Wildman–Crippen MR) is 108 cm³/mol. The van der Waals surface area contributed by atoms with Crippen molar-refractivity contribution in [2.75, 3.05) is 7.11 Å². The van der Waals surface area contributed by atoms with Gasteiger partial charge in [-0.3, -0.25) is 9.78 Å². The SMILES string of the molecule is COc1cc(OC2CCC(NC(=O)c3cnc(C(C)C)cn3)CC2)ccc1C#N. The number of hydrogen-bond acceptors (Lipinski definition) is 6. The average molecular weight is 394 g/mol. The number of hydrogen-bond donors (Lipinski definition) is 1. The molecule has 1 aliphatic carbocycles. The summed E-state index contributed by atoms with van der Waals surface area (Å²) in [4.78, 5) is 20.9. The maximum atomic E-state index is 12.4. The third-order valence-electron chi connectivity index (χ3n) is 5.10. The molecule has 0 atom stereocenters. The molecule has 1 aromatic carbocycles. The summed E-state index contributed by atoms with van der Waals surface area (Å²) < 4.78 is 11.3. The zero-order chi connectivity index (χ0) is 20.8. The topological polar surface area (TPSA) is 97.1 Å². The lowest BCUT2D eigenvalue weighted by Gasteiger charge is -2.29. The smallest absolute Gasteiger partial charge is 0.271 e. The summed E-state index contributed by atoms with van der Waals surface area (Å²) in [5.41, 5.74) is 1.70. The number of nitrogens with one attached hydrogen (secondary N) is 1. The molecule has 2 aromatic rings. The Hall–Kier alpha value is -3.14. The summed E-state index contributed by atoms with van der Waals surface area (Å²) in [7, 11) is 1.54. The van der Waals surface area contributed by atoms with Crippen molar-refractivity contribution in [1.82, 2.24) is 15.3 Å². The van der Waals surface area contributed by atoms with Crippen LogP contribution in [0.5, 0.6) is 11.5 Å². The van der Waals surface area contributed by atoms with Gasteiger partial charge in [-0.15, -0.1) is 0 Å². The largest absolute Gasteiger partial charge is 0.495 e. The van der Waals surface area contributed by atoms with E-state index in [0.29, 0.717) is 22.8 Å². The van der Waals surface area contributed by atoms with Crippen molar-refractivity contribution in [2.24, 2.45) is 0 Å². The number of rotatable bonds is 6. The summed E-state index contributed by atoms with van der Waals surface area (Å²) in [6.07, 6.45) is 6.62. The Morgan fingerprint density at radius 3 is 2.55 bits per heavy atom. The quantitative estimate of drug-likeness (QED) is 0.804. The molecule has 0 saturated heterocycles. The highest BCUT2D eigenvalue weighted by Gasteiger charge is 2.24. The Bertz CT molecular complexity index is 882. The van der Waals surface area contributed by atoms with E-state index in [1.54, 1.807) is 24.4 Å². The van der Waals surface area contributed by atoms with Gasteiger partial charge in [0.25, 0.3) is 5.91 Å².